The Morgan fingerprint density at radius 3 is 2.61 bits per heavy atom. The zero-order valence-electron chi connectivity index (χ0n) is 23.9. The predicted molar refractivity (Wildman–Crippen MR) is 154 cm³/mol. The highest BCUT2D eigenvalue weighted by molar-refractivity contribution is 5.92. The first kappa shape index (κ1) is 27.8. The number of H-pyrrole nitrogens is 1. The van der Waals surface area contributed by atoms with E-state index in [1.54, 1.807) is 28.4 Å². The molecular weight excluding hydrogens is 524 g/mol. The van der Waals surface area contributed by atoms with Crippen molar-refractivity contribution in [3.05, 3.63) is 81.0 Å². The van der Waals surface area contributed by atoms with Crippen LogP contribution in [0.25, 0.3) is 11.3 Å². The van der Waals surface area contributed by atoms with Gasteiger partial charge in [0.25, 0.3) is 5.91 Å². The fraction of sp³-hybridized carbons (Fsp3) is 0.333. The molecular formula is C30H34N6O5. The lowest BCUT2D eigenvalue weighted by molar-refractivity contribution is 0.0947. The number of ether oxygens (including phenoxy) is 3. The minimum absolute atomic E-state index is 0.210. The third kappa shape index (κ3) is 5.60. The van der Waals surface area contributed by atoms with E-state index in [2.05, 4.69) is 27.6 Å². The molecule has 0 spiro atoms. The average molecular weight is 559 g/mol. The van der Waals surface area contributed by atoms with Gasteiger partial charge in [-0.2, -0.15) is 5.10 Å². The summed E-state index contributed by atoms with van der Waals surface area (Å²) in [5.41, 5.74) is 5.85. The summed E-state index contributed by atoms with van der Waals surface area (Å²) in [5.74, 6) is 1.40. The Labute approximate surface area is 237 Å². The summed E-state index contributed by atoms with van der Waals surface area (Å²) >= 11 is 0. The Hall–Kier alpha value is -4.80. The number of aromatic amines is 1. The van der Waals surface area contributed by atoms with Gasteiger partial charge in [-0.15, -0.1) is 0 Å². The van der Waals surface area contributed by atoms with Gasteiger partial charge in [-0.05, 0) is 51.0 Å². The Morgan fingerprint density at radius 1 is 1.15 bits per heavy atom. The number of carbonyl (C=O) groups is 1. The maximum absolute atomic E-state index is 14.1. The van der Waals surface area contributed by atoms with E-state index >= 15 is 0 Å². The molecule has 41 heavy (non-hydrogen) atoms. The summed E-state index contributed by atoms with van der Waals surface area (Å²) < 4.78 is 20.7. The first-order valence-corrected chi connectivity index (χ1v) is 13.5. The van der Waals surface area contributed by atoms with Gasteiger partial charge in [0.2, 0.25) is 0 Å². The topological polar surface area (TPSA) is 125 Å². The molecule has 2 N–H and O–H groups in total. The standard InChI is InChI=1S/C30H34N6O5/c1-6-40-26-17-24-21(15-25(26)39-5)23-16-27(33-28-19(3)13-18(2)14-20(28)4)36(30(38)35(23)11-12-41-24)10-9-31-29(37)22-7-8-32-34-22/h7-8,13-17H,6,9-12H2,1-5H3,(H,31,37)(H,32,34)/b33-27+. The Balaban J connectivity index is 1.67. The SMILES string of the molecule is CCOc1cc2c(cc1OC)-c1c/c(=N\c3c(C)cc(C)cc3C)n(CCNC(=O)c3ccn[nH]3)c(=O)n1CCO2. The first-order valence-electron chi connectivity index (χ1n) is 13.5. The van der Waals surface area contributed by atoms with Crippen molar-refractivity contribution in [3.8, 4) is 28.5 Å². The third-order valence-corrected chi connectivity index (χ3v) is 6.94. The average Bonchev–Trinajstić information content (AvgIpc) is 3.42. The second kappa shape index (κ2) is 11.7. The number of amides is 1. The molecule has 5 rings (SSSR count). The van der Waals surface area contributed by atoms with Gasteiger partial charge in [-0.1, -0.05) is 17.7 Å². The van der Waals surface area contributed by atoms with E-state index in [1.807, 2.05) is 39.8 Å². The van der Waals surface area contributed by atoms with E-state index in [-0.39, 0.29) is 24.7 Å². The molecule has 0 aliphatic carbocycles. The Kier molecular flexibility index (Phi) is 7.95. The molecule has 2 aromatic carbocycles. The molecule has 0 radical (unpaired) electrons. The molecule has 3 heterocycles. The van der Waals surface area contributed by atoms with Crippen molar-refractivity contribution >= 4 is 11.6 Å². The molecule has 0 bridgehead atoms. The maximum Gasteiger partial charge on any atom is 0.330 e. The summed E-state index contributed by atoms with van der Waals surface area (Å²) in [6.45, 7) is 9.48. The van der Waals surface area contributed by atoms with Crippen molar-refractivity contribution in [2.24, 2.45) is 4.99 Å². The molecule has 0 saturated carbocycles. The smallest absolute Gasteiger partial charge is 0.330 e. The van der Waals surface area contributed by atoms with Gasteiger partial charge in [0.1, 0.15) is 23.5 Å². The minimum atomic E-state index is -0.304. The van der Waals surface area contributed by atoms with Crippen LogP contribution in [-0.2, 0) is 13.1 Å². The van der Waals surface area contributed by atoms with E-state index in [0.717, 1.165) is 22.4 Å². The van der Waals surface area contributed by atoms with Crippen molar-refractivity contribution in [2.45, 2.75) is 40.8 Å². The lowest BCUT2D eigenvalue weighted by atomic mass is 10.1. The number of aromatic nitrogens is 4. The molecule has 2 aromatic heterocycles. The number of aryl methyl sites for hydroxylation is 3. The van der Waals surface area contributed by atoms with Crippen molar-refractivity contribution in [1.29, 1.82) is 0 Å². The summed E-state index contributed by atoms with van der Waals surface area (Å²) in [6.07, 6.45) is 1.51. The first-order chi connectivity index (χ1) is 19.8. The van der Waals surface area contributed by atoms with Crippen LogP contribution in [-0.4, -0.2) is 52.1 Å². The fourth-order valence-corrected chi connectivity index (χ4v) is 5.12. The number of carbonyl (C=O) groups excluding carboxylic acids is 1. The quantitative estimate of drug-likeness (QED) is 0.342. The second-order valence-corrected chi connectivity index (χ2v) is 9.84. The number of nitrogens with one attached hydrogen (secondary N) is 2. The highest BCUT2D eigenvalue weighted by Crippen LogP contribution is 2.40. The van der Waals surface area contributed by atoms with Gasteiger partial charge >= 0.3 is 5.69 Å². The zero-order chi connectivity index (χ0) is 29.1. The summed E-state index contributed by atoms with van der Waals surface area (Å²) in [5, 5.41) is 9.32. The van der Waals surface area contributed by atoms with Crippen molar-refractivity contribution < 1.29 is 19.0 Å². The van der Waals surface area contributed by atoms with Gasteiger partial charge < -0.3 is 19.5 Å². The third-order valence-electron chi connectivity index (χ3n) is 6.94. The monoisotopic (exact) mass is 558 g/mol. The molecule has 1 aliphatic rings. The van der Waals surface area contributed by atoms with E-state index in [0.29, 0.717) is 59.4 Å². The van der Waals surface area contributed by atoms with E-state index in [9.17, 15) is 9.59 Å². The lowest BCUT2D eigenvalue weighted by Gasteiger charge is -2.17. The largest absolute Gasteiger partial charge is 0.493 e. The Morgan fingerprint density at radius 2 is 1.93 bits per heavy atom. The maximum atomic E-state index is 14.1. The highest BCUT2D eigenvalue weighted by atomic mass is 16.5. The van der Waals surface area contributed by atoms with Crippen LogP contribution >= 0.6 is 0 Å². The number of methoxy groups -OCH3 is 1. The van der Waals surface area contributed by atoms with Crippen molar-refractivity contribution in [1.82, 2.24) is 24.6 Å². The number of nitrogens with zero attached hydrogens (tertiary/aromatic N) is 4. The number of hydrogen-bond acceptors (Lipinski definition) is 7. The van der Waals surface area contributed by atoms with Crippen LogP contribution < -0.4 is 30.7 Å². The van der Waals surface area contributed by atoms with Crippen molar-refractivity contribution in [2.75, 3.05) is 26.9 Å². The predicted octanol–water partition coefficient (Wildman–Crippen LogP) is 3.43. The molecule has 0 fully saturated rings. The molecule has 4 aromatic rings. The zero-order valence-corrected chi connectivity index (χ0v) is 23.9. The highest BCUT2D eigenvalue weighted by Gasteiger charge is 2.22. The lowest BCUT2D eigenvalue weighted by Crippen LogP contribution is -2.43. The number of benzene rings is 2. The number of rotatable bonds is 8. The van der Waals surface area contributed by atoms with Gasteiger partial charge in [-0.25, -0.2) is 9.79 Å². The molecule has 0 atom stereocenters. The second-order valence-electron chi connectivity index (χ2n) is 9.84. The Bertz CT molecular complexity index is 1700. The molecule has 11 heteroatoms. The van der Waals surface area contributed by atoms with Crippen LogP contribution in [0.15, 0.2) is 52.4 Å². The summed E-state index contributed by atoms with van der Waals surface area (Å²) in [6, 6.07) is 11.3. The summed E-state index contributed by atoms with van der Waals surface area (Å²) in [4.78, 5) is 31.6. The van der Waals surface area contributed by atoms with E-state index < -0.39 is 0 Å². The molecule has 214 valence electrons. The van der Waals surface area contributed by atoms with Gasteiger partial charge in [0.15, 0.2) is 11.5 Å². The minimum Gasteiger partial charge on any atom is -0.493 e. The molecule has 0 saturated heterocycles. The van der Waals surface area contributed by atoms with E-state index in [4.69, 9.17) is 19.2 Å². The van der Waals surface area contributed by atoms with Gasteiger partial charge in [-0.3, -0.25) is 19.0 Å². The van der Waals surface area contributed by atoms with Crippen LogP contribution in [0.2, 0.25) is 0 Å². The van der Waals surface area contributed by atoms with Crippen LogP contribution in [0.4, 0.5) is 5.69 Å². The normalized spacial score (nSPS) is 12.7. The van der Waals surface area contributed by atoms with Crippen LogP contribution in [0, 0.1) is 20.8 Å². The van der Waals surface area contributed by atoms with Crippen LogP contribution in [0.5, 0.6) is 17.2 Å². The molecule has 11 nitrogen and oxygen atoms in total. The number of hydrogen-bond donors (Lipinski definition) is 2. The molecule has 1 aliphatic heterocycles. The number of fused-ring (bicyclic) bond motifs is 3. The van der Waals surface area contributed by atoms with Gasteiger partial charge in [0.05, 0.1) is 31.6 Å². The van der Waals surface area contributed by atoms with E-state index in [1.165, 1.54) is 6.20 Å². The molecule has 0 unspecified atom stereocenters. The van der Waals surface area contributed by atoms with Crippen LogP contribution in [0.3, 0.4) is 0 Å². The summed E-state index contributed by atoms with van der Waals surface area (Å²) in [7, 11) is 1.58. The van der Waals surface area contributed by atoms with Gasteiger partial charge in [0, 0.05) is 37.0 Å². The van der Waals surface area contributed by atoms with Crippen LogP contribution in [0.1, 0.15) is 34.1 Å². The van der Waals surface area contributed by atoms with Crippen molar-refractivity contribution in [3.63, 3.8) is 0 Å². The molecule has 1 amide bonds. The fourth-order valence-electron chi connectivity index (χ4n) is 5.12.